The largest absolute Gasteiger partial charge is 0.342 e. The van der Waals surface area contributed by atoms with Crippen LogP contribution < -0.4 is 5.73 Å². The van der Waals surface area contributed by atoms with E-state index in [1.165, 1.54) is 12.2 Å². The summed E-state index contributed by atoms with van der Waals surface area (Å²) in [5.74, 6) is 1.43. The Labute approximate surface area is 134 Å². The van der Waals surface area contributed by atoms with Crippen LogP contribution in [0.1, 0.15) is 52.9 Å². The highest BCUT2D eigenvalue weighted by Gasteiger charge is 2.39. The van der Waals surface area contributed by atoms with Crippen molar-refractivity contribution in [2.45, 2.75) is 64.2 Å². The maximum Gasteiger partial charge on any atom is 0.230 e. The van der Waals surface area contributed by atoms with Gasteiger partial charge in [-0.05, 0) is 37.9 Å². The second-order valence-electron chi connectivity index (χ2n) is 5.65. The lowest BCUT2D eigenvalue weighted by molar-refractivity contribution is -0.142. The van der Waals surface area contributed by atoms with E-state index in [0.29, 0.717) is 12.6 Å². The fraction of sp³-hybridized carbons (Fsp3) is 0.933. The van der Waals surface area contributed by atoms with Crippen molar-refractivity contribution in [3.05, 3.63) is 0 Å². The van der Waals surface area contributed by atoms with Gasteiger partial charge >= 0.3 is 0 Å². The number of hydrogen-bond acceptors (Lipinski definition) is 3. The summed E-state index contributed by atoms with van der Waals surface area (Å²) < 4.78 is 0. The van der Waals surface area contributed by atoms with Gasteiger partial charge in [-0.2, -0.15) is 11.8 Å². The van der Waals surface area contributed by atoms with E-state index in [1.807, 2.05) is 23.7 Å². The molecule has 2 atom stereocenters. The van der Waals surface area contributed by atoms with Crippen LogP contribution in [-0.4, -0.2) is 41.4 Å². The first-order valence-corrected chi connectivity index (χ1v) is 8.68. The highest BCUT2D eigenvalue weighted by atomic mass is 35.5. The lowest BCUT2D eigenvalue weighted by Crippen LogP contribution is -2.49. The van der Waals surface area contributed by atoms with E-state index in [-0.39, 0.29) is 23.7 Å². The standard InChI is InChI=1S/C15H30N2OS.ClH/c1-5-15(6-2,11-16)14(18)17(4)12-8-9-13(10-12)19-7-3;/h12-13H,5-11,16H2,1-4H3;1H. The number of thioether (sulfide) groups is 1. The molecule has 5 heteroatoms. The normalized spacial score (nSPS) is 22.4. The van der Waals surface area contributed by atoms with E-state index >= 15 is 0 Å². The minimum Gasteiger partial charge on any atom is -0.342 e. The third-order valence-corrected chi connectivity index (χ3v) is 6.06. The summed E-state index contributed by atoms with van der Waals surface area (Å²) in [7, 11) is 1.97. The molecule has 1 fully saturated rings. The van der Waals surface area contributed by atoms with Gasteiger partial charge in [0.1, 0.15) is 0 Å². The number of nitrogens with zero attached hydrogens (tertiary/aromatic N) is 1. The number of carbonyl (C=O) groups is 1. The van der Waals surface area contributed by atoms with E-state index in [0.717, 1.165) is 30.9 Å². The Kier molecular flexibility index (Phi) is 9.19. The number of halogens is 1. The molecule has 0 aromatic rings. The predicted octanol–water partition coefficient (Wildman–Crippen LogP) is 3.31. The van der Waals surface area contributed by atoms with Crippen LogP contribution >= 0.6 is 24.2 Å². The topological polar surface area (TPSA) is 46.3 Å². The zero-order valence-electron chi connectivity index (χ0n) is 13.4. The molecule has 1 aliphatic carbocycles. The molecule has 0 saturated heterocycles. The summed E-state index contributed by atoms with van der Waals surface area (Å²) in [6.07, 6.45) is 5.21. The minimum absolute atomic E-state index is 0. The molecule has 120 valence electrons. The third-order valence-electron chi connectivity index (χ3n) is 4.83. The monoisotopic (exact) mass is 322 g/mol. The molecule has 3 nitrogen and oxygen atoms in total. The first kappa shape index (κ1) is 20.1. The van der Waals surface area contributed by atoms with Gasteiger partial charge in [-0.15, -0.1) is 12.4 Å². The summed E-state index contributed by atoms with van der Waals surface area (Å²) in [6, 6.07) is 0.417. The molecule has 0 heterocycles. The van der Waals surface area contributed by atoms with Gasteiger partial charge in [-0.3, -0.25) is 4.79 Å². The molecular weight excluding hydrogens is 292 g/mol. The fourth-order valence-corrected chi connectivity index (χ4v) is 4.26. The summed E-state index contributed by atoms with van der Waals surface area (Å²) in [5, 5.41) is 0.737. The quantitative estimate of drug-likeness (QED) is 0.782. The maximum atomic E-state index is 12.7. The van der Waals surface area contributed by atoms with Gasteiger partial charge in [-0.1, -0.05) is 20.8 Å². The summed E-state index contributed by atoms with van der Waals surface area (Å²) in [6.45, 7) is 6.82. The second-order valence-corrected chi connectivity index (χ2v) is 7.23. The van der Waals surface area contributed by atoms with Crippen LogP contribution in [0.4, 0.5) is 0 Å². The van der Waals surface area contributed by atoms with Crippen LogP contribution in [0, 0.1) is 5.41 Å². The maximum absolute atomic E-state index is 12.7. The average molecular weight is 323 g/mol. The molecule has 1 aliphatic rings. The van der Waals surface area contributed by atoms with E-state index in [1.54, 1.807) is 0 Å². The fourth-order valence-electron chi connectivity index (χ4n) is 3.12. The molecule has 1 rings (SSSR count). The molecule has 0 aliphatic heterocycles. The molecule has 1 saturated carbocycles. The lowest BCUT2D eigenvalue weighted by atomic mass is 9.80. The van der Waals surface area contributed by atoms with Gasteiger partial charge < -0.3 is 10.6 Å². The van der Waals surface area contributed by atoms with E-state index in [2.05, 4.69) is 20.8 Å². The van der Waals surface area contributed by atoms with Crippen molar-refractivity contribution in [2.24, 2.45) is 11.1 Å². The Morgan fingerprint density at radius 3 is 2.35 bits per heavy atom. The molecule has 0 spiro atoms. The first-order chi connectivity index (χ1) is 9.04. The Balaban J connectivity index is 0.00000361. The Morgan fingerprint density at radius 1 is 1.30 bits per heavy atom. The Hall–Kier alpha value is 0.0700. The Morgan fingerprint density at radius 2 is 1.90 bits per heavy atom. The van der Waals surface area contributed by atoms with Crippen LogP contribution in [0.3, 0.4) is 0 Å². The second kappa shape index (κ2) is 9.16. The van der Waals surface area contributed by atoms with Crippen molar-refractivity contribution in [2.75, 3.05) is 19.3 Å². The summed E-state index contributed by atoms with van der Waals surface area (Å²) in [5.41, 5.74) is 5.55. The Bertz CT molecular complexity index is 289. The van der Waals surface area contributed by atoms with Crippen molar-refractivity contribution in [1.82, 2.24) is 4.90 Å². The number of carbonyl (C=O) groups excluding carboxylic acids is 1. The van der Waals surface area contributed by atoms with Crippen molar-refractivity contribution < 1.29 is 4.79 Å². The van der Waals surface area contributed by atoms with Crippen LogP contribution in [0.2, 0.25) is 0 Å². The predicted molar refractivity (Wildman–Crippen MR) is 91.6 cm³/mol. The highest BCUT2D eigenvalue weighted by molar-refractivity contribution is 7.99. The van der Waals surface area contributed by atoms with Crippen LogP contribution in [0.15, 0.2) is 0 Å². The SMILES string of the molecule is CCSC1CCC(N(C)C(=O)C(CC)(CC)CN)C1.Cl. The lowest BCUT2D eigenvalue weighted by Gasteiger charge is -2.36. The zero-order valence-corrected chi connectivity index (χ0v) is 15.0. The van der Waals surface area contributed by atoms with Crippen molar-refractivity contribution in [1.29, 1.82) is 0 Å². The van der Waals surface area contributed by atoms with E-state index in [9.17, 15) is 4.79 Å². The van der Waals surface area contributed by atoms with Crippen LogP contribution in [0.5, 0.6) is 0 Å². The molecule has 2 unspecified atom stereocenters. The summed E-state index contributed by atoms with van der Waals surface area (Å²) >= 11 is 2.03. The van der Waals surface area contributed by atoms with Gasteiger partial charge in [0.15, 0.2) is 0 Å². The highest BCUT2D eigenvalue weighted by Crippen LogP contribution is 2.35. The number of nitrogens with two attached hydrogens (primary N) is 1. The van der Waals surface area contributed by atoms with Crippen molar-refractivity contribution in [3.8, 4) is 0 Å². The van der Waals surface area contributed by atoms with Gasteiger partial charge in [-0.25, -0.2) is 0 Å². The molecule has 0 aromatic heterocycles. The van der Waals surface area contributed by atoms with Crippen LogP contribution in [-0.2, 0) is 4.79 Å². The third kappa shape index (κ3) is 4.28. The number of amides is 1. The number of rotatable bonds is 7. The van der Waals surface area contributed by atoms with Gasteiger partial charge in [0, 0.05) is 24.9 Å². The van der Waals surface area contributed by atoms with E-state index in [4.69, 9.17) is 5.73 Å². The average Bonchev–Trinajstić information content (AvgIpc) is 2.89. The molecule has 0 radical (unpaired) electrons. The van der Waals surface area contributed by atoms with Crippen molar-refractivity contribution in [3.63, 3.8) is 0 Å². The first-order valence-electron chi connectivity index (χ1n) is 7.63. The molecule has 1 amide bonds. The minimum atomic E-state index is -0.343. The van der Waals surface area contributed by atoms with Gasteiger partial charge in [0.05, 0.1) is 5.41 Å². The molecule has 2 N–H and O–H groups in total. The van der Waals surface area contributed by atoms with Gasteiger partial charge in [0.2, 0.25) is 5.91 Å². The van der Waals surface area contributed by atoms with Crippen LogP contribution in [0.25, 0.3) is 0 Å². The van der Waals surface area contributed by atoms with Crippen molar-refractivity contribution >= 4 is 30.1 Å². The zero-order chi connectivity index (χ0) is 14.5. The molecule has 0 aromatic carbocycles. The molecule has 0 bridgehead atoms. The van der Waals surface area contributed by atoms with Gasteiger partial charge in [0.25, 0.3) is 0 Å². The smallest absolute Gasteiger partial charge is 0.230 e. The summed E-state index contributed by atoms with van der Waals surface area (Å²) in [4.78, 5) is 14.7. The van der Waals surface area contributed by atoms with E-state index < -0.39 is 0 Å². The molecule has 20 heavy (non-hydrogen) atoms. The molecular formula is C15H31ClN2OS. The number of hydrogen-bond donors (Lipinski definition) is 1.